The molecule has 1 unspecified atom stereocenters. The zero-order chi connectivity index (χ0) is 28.3. The van der Waals surface area contributed by atoms with Crippen molar-refractivity contribution in [2.24, 2.45) is 5.73 Å². The Morgan fingerprint density at radius 3 is 2.05 bits per heavy atom. The number of amides is 2. The van der Waals surface area contributed by atoms with E-state index in [4.69, 9.17) is 10.5 Å². The summed E-state index contributed by atoms with van der Waals surface area (Å²) in [6, 6.07) is 38.4. The standard InChI is InChI=1S/C36H32N2O3/c1-24(25-12-3-2-4-13-25)38(35(39)34(37)22-27-16-11-15-26-14-5-6-17-28(26)27)36(40)41-23-33-31-20-9-7-18-29(31)30-19-8-10-21-32(30)33/h2-21,24,33-34H,22-23,37H2,1H3/t24?,34-/m1/s1. The molecule has 1 aliphatic rings. The highest BCUT2D eigenvalue weighted by molar-refractivity contribution is 5.96. The van der Waals surface area contributed by atoms with Crippen molar-refractivity contribution in [3.8, 4) is 11.1 Å². The summed E-state index contributed by atoms with van der Waals surface area (Å²) in [5.41, 5.74) is 12.8. The average molecular weight is 541 g/mol. The van der Waals surface area contributed by atoms with Crippen LogP contribution >= 0.6 is 0 Å². The van der Waals surface area contributed by atoms with Gasteiger partial charge in [0.2, 0.25) is 5.91 Å². The van der Waals surface area contributed by atoms with Gasteiger partial charge >= 0.3 is 6.09 Å². The van der Waals surface area contributed by atoms with Gasteiger partial charge < -0.3 is 10.5 Å². The van der Waals surface area contributed by atoms with E-state index in [1.807, 2.05) is 104 Å². The molecule has 5 heteroatoms. The van der Waals surface area contributed by atoms with Crippen molar-refractivity contribution in [3.63, 3.8) is 0 Å². The molecule has 6 rings (SSSR count). The van der Waals surface area contributed by atoms with Crippen molar-refractivity contribution in [1.29, 1.82) is 0 Å². The van der Waals surface area contributed by atoms with E-state index in [-0.39, 0.29) is 12.5 Å². The topological polar surface area (TPSA) is 72.6 Å². The number of ether oxygens (including phenoxy) is 1. The first-order valence-electron chi connectivity index (χ1n) is 14.0. The van der Waals surface area contributed by atoms with E-state index < -0.39 is 24.1 Å². The van der Waals surface area contributed by atoms with Crippen LogP contribution in [0.15, 0.2) is 121 Å². The van der Waals surface area contributed by atoms with E-state index >= 15 is 0 Å². The van der Waals surface area contributed by atoms with Crippen LogP contribution < -0.4 is 5.73 Å². The Balaban J connectivity index is 1.26. The summed E-state index contributed by atoms with van der Waals surface area (Å²) >= 11 is 0. The highest BCUT2D eigenvalue weighted by Crippen LogP contribution is 2.44. The lowest BCUT2D eigenvalue weighted by Crippen LogP contribution is -2.49. The van der Waals surface area contributed by atoms with Crippen molar-refractivity contribution in [2.75, 3.05) is 6.61 Å². The number of rotatable bonds is 7. The van der Waals surface area contributed by atoms with E-state index in [9.17, 15) is 9.59 Å². The molecule has 0 radical (unpaired) electrons. The lowest BCUT2D eigenvalue weighted by molar-refractivity contribution is -0.132. The Morgan fingerprint density at radius 2 is 1.34 bits per heavy atom. The van der Waals surface area contributed by atoms with E-state index in [0.29, 0.717) is 6.42 Å². The Morgan fingerprint density at radius 1 is 0.756 bits per heavy atom. The molecule has 41 heavy (non-hydrogen) atoms. The van der Waals surface area contributed by atoms with Crippen LogP contribution in [-0.4, -0.2) is 29.5 Å². The number of hydrogen-bond acceptors (Lipinski definition) is 4. The maximum Gasteiger partial charge on any atom is 0.417 e. The highest BCUT2D eigenvalue weighted by Gasteiger charge is 2.35. The molecule has 5 nitrogen and oxygen atoms in total. The molecule has 0 heterocycles. The molecule has 204 valence electrons. The zero-order valence-electron chi connectivity index (χ0n) is 22.9. The number of benzene rings is 5. The smallest absolute Gasteiger partial charge is 0.417 e. The van der Waals surface area contributed by atoms with Gasteiger partial charge in [0.1, 0.15) is 6.61 Å². The van der Waals surface area contributed by atoms with Gasteiger partial charge in [-0.2, -0.15) is 0 Å². The Bertz CT molecular complexity index is 1660. The van der Waals surface area contributed by atoms with E-state index in [1.165, 1.54) is 4.90 Å². The number of imide groups is 1. The van der Waals surface area contributed by atoms with E-state index in [1.54, 1.807) is 0 Å². The Kier molecular flexibility index (Phi) is 7.36. The van der Waals surface area contributed by atoms with Crippen LogP contribution in [0.5, 0.6) is 0 Å². The first-order chi connectivity index (χ1) is 20.0. The fourth-order valence-corrected chi connectivity index (χ4v) is 5.96. The van der Waals surface area contributed by atoms with Crippen LogP contribution in [0.25, 0.3) is 21.9 Å². The molecule has 2 amide bonds. The fraction of sp³-hybridized carbons (Fsp3) is 0.167. The molecule has 2 atom stereocenters. The van der Waals surface area contributed by atoms with Gasteiger partial charge in [-0.1, -0.05) is 121 Å². The van der Waals surface area contributed by atoms with Gasteiger partial charge in [0.05, 0.1) is 12.1 Å². The second-order valence-electron chi connectivity index (χ2n) is 10.5. The average Bonchev–Trinajstić information content (AvgIpc) is 3.34. The van der Waals surface area contributed by atoms with Crippen LogP contribution in [0.4, 0.5) is 4.79 Å². The van der Waals surface area contributed by atoms with Gasteiger partial charge in [-0.05, 0) is 57.5 Å². The molecule has 0 aliphatic heterocycles. The Hall–Kier alpha value is -4.74. The molecular weight excluding hydrogens is 508 g/mol. The molecule has 0 saturated carbocycles. The van der Waals surface area contributed by atoms with Crippen molar-refractivity contribution in [1.82, 2.24) is 4.90 Å². The molecule has 0 saturated heterocycles. The van der Waals surface area contributed by atoms with Gasteiger partial charge in [0, 0.05) is 5.92 Å². The first-order valence-corrected chi connectivity index (χ1v) is 14.0. The minimum Gasteiger partial charge on any atom is -0.448 e. The zero-order valence-corrected chi connectivity index (χ0v) is 22.9. The van der Waals surface area contributed by atoms with Crippen LogP contribution in [0.2, 0.25) is 0 Å². The second-order valence-corrected chi connectivity index (χ2v) is 10.5. The molecule has 2 N–H and O–H groups in total. The second kappa shape index (κ2) is 11.4. The van der Waals surface area contributed by atoms with Gasteiger partial charge in [-0.25, -0.2) is 9.69 Å². The van der Waals surface area contributed by atoms with Gasteiger partial charge in [0.25, 0.3) is 0 Å². The molecule has 0 aromatic heterocycles. The maximum absolute atomic E-state index is 13.9. The van der Waals surface area contributed by atoms with Crippen molar-refractivity contribution in [3.05, 3.63) is 144 Å². The summed E-state index contributed by atoms with van der Waals surface area (Å²) < 4.78 is 5.95. The monoisotopic (exact) mass is 540 g/mol. The Labute approximate surface area is 240 Å². The summed E-state index contributed by atoms with van der Waals surface area (Å²) in [5, 5.41) is 2.12. The number of fused-ring (bicyclic) bond motifs is 4. The highest BCUT2D eigenvalue weighted by atomic mass is 16.6. The van der Waals surface area contributed by atoms with Crippen molar-refractivity contribution in [2.45, 2.75) is 31.3 Å². The number of carbonyl (C=O) groups excluding carboxylic acids is 2. The van der Waals surface area contributed by atoms with Crippen molar-refractivity contribution >= 4 is 22.8 Å². The summed E-state index contributed by atoms with van der Waals surface area (Å²) in [6.07, 6.45) is -0.393. The largest absolute Gasteiger partial charge is 0.448 e. The minimum atomic E-state index is -0.924. The van der Waals surface area contributed by atoms with Crippen LogP contribution in [-0.2, 0) is 16.0 Å². The first kappa shape index (κ1) is 26.5. The summed E-state index contributed by atoms with van der Waals surface area (Å²) in [5.74, 6) is -0.578. The minimum absolute atomic E-state index is 0.111. The maximum atomic E-state index is 13.9. The summed E-state index contributed by atoms with van der Waals surface area (Å²) in [7, 11) is 0. The van der Waals surface area contributed by atoms with Gasteiger partial charge in [-0.15, -0.1) is 0 Å². The quantitative estimate of drug-likeness (QED) is 0.236. The molecule has 0 fully saturated rings. The molecule has 5 aromatic carbocycles. The van der Waals surface area contributed by atoms with Gasteiger partial charge in [0.15, 0.2) is 0 Å². The van der Waals surface area contributed by atoms with Crippen LogP contribution in [0.1, 0.15) is 41.1 Å². The molecule has 1 aliphatic carbocycles. The lowest BCUT2D eigenvalue weighted by atomic mass is 9.97. The summed E-state index contributed by atoms with van der Waals surface area (Å²) in [6.45, 7) is 1.95. The van der Waals surface area contributed by atoms with Crippen LogP contribution in [0.3, 0.4) is 0 Å². The van der Waals surface area contributed by atoms with Crippen LogP contribution in [0, 0.1) is 0 Å². The lowest BCUT2D eigenvalue weighted by Gasteiger charge is -2.30. The van der Waals surface area contributed by atoms with Crippen molar-refractivity contribution < 1.29 is 14.3 Å². The molecule has 0 bridgehead atoms. The SMILES string of the molecule is CC(c1ccccc1)N(C(=O)OCC1c2ccccc2-c2ccccc21)C(=O)[C@H](N)Cc1cccc2ccccc12. The fourth-order valence-electron chi connectivity index (χ4n) is 5.96. The third-order valence-electron chi connectivity index (χ3n) is 8.08. The third-order valence-corrected chi connectivity index (χ3v) is 8.08. The number of nitrogens with two attached hydrogens (primary N) is 1. The number of nitrogens with zero attached hydrogens (tertiary/aromatic N) is 1. The molecular formula is C36H32N2O3. The number of carbonyl (C=O) groups is 2. The van der Waals surface area contributed by atoms with E-state index in [2.05, 4.69) is 24.3 Å². The summed E-state index contributed by atoms with van der Waals surface area (Å²) in [4.78, 5) is 28.9. The normalized spacial score (nSPS) is 13.7. The molecule has 5 aromatic rings. The third kappa shape index (κ3) is 5.12. The molecule has 0 spiro atoms. The van der Waals surface area contributed by atoms with Gasteiger partial charge in [-0.3, -0.25) is 4.79 Å². The van der Waals surface area contributed by atoms with E-state index in [0.717, 1.165) is 44.2 Å². The number of hydrogen-bond donors (Lipinski definition) is 1. The predicted molar refractivity (Wildman–Crippen MR) is 162 cm³/mol. The predicted octanol–water partition coefficient (Wildman–Crippen LogP) is 7.25.